The highest BCUT2D eigenvalue weighted by molar-refractivity contribution is 5.64. The zero-order valence-electron chi connectivity index (χ0n) is 19.4. The van der Waals surface area contributed by atoms with E-state index in [0.717, 1.165) is 44.4 Å². The minimum absolute atomic E-state index is 0.0378. The molecule has 0 aromatic carbocycles. The SMILES string of the molecule is Cc1nc(/C(N)=C(\CNc2noc(CCC3CC3)n2)N(C)N)c(F)cc1OC1CCCCC1. The summed E-state index contributed by atoms with van der Waals surface area (Å²) >= 11 is 0. The van der Waals surface area contributed by atoms with Gasteiger partial charge in [-0.3, -0.25) is 0 Å². The van der Waals surface area contributed by atoms with E-state index < -0.39 is 5.82 Å². The number of nitrogens with one attached hydrogen (secondary N) is 1. The molecular weight excluding hydrogens is 425 g/mol. The molecule has 2 aromatic rings. The van der Waals surface area contributed by atoms with Crippen LogP contribution in [0.3, 0.4) is 0 Å². The molecule has 0 atom stereocenters. The van der Waals surface area contributed by atoms with Crippen molar-refractivity contribution in [3.63, 3.8) is 0 Å². The molecule has 0 radical (unpaired) electrons. The lowest BCUT2D eigenvalue weighted by atomic mass is 9.98. The number of likely N-dealkylation sites (N-methyl/N-ethyl adjacent to an activating group) is 1. The first-order valence-electron chi connectivity index (χ1n) is 11.8. The summed E-state index contributed by atoms with van der Waals surface area (Å²) in [6, 6.07) is 1.37. The monoisotopic (exact) mass is 459 g/mol. The van der Waals surface area contributed by atoms with E-state index >= 15 is 4.39 Å². The summed E-state index contributed by atoms with van der Waals surface area (Å²) in [5.74, 6) is 7.63. The average Bonchev–Trinajstić information content (AvgIpc) is 3.52. The molecule has 0 amide bonds. The number of aryl methyl sites for hydroxylation is 2. The number of nitrogens with zero attached hydrogens (tertiary/aromatic N) is 4. The van der Waals surface area contributed by atoms with Crippen LogP contribution in [0.2, 0.25) is 0 Å². The number of hydrazine groups is 1. The smallest absolute Gasteiger partial charge is 0.263 e. The third kappa shape index (κ3) is 6.13. The highest BCUT2D eigenvalue weighted by Gasteiger charge is 2.23. The number of aromatic nitrogens is 3. The Morgan fingerprint density at radius 3 is 2.70 bits per heavy atom. The van der Waals surface area contributed by atoms with E-state index in [9.17, 15) is 0 Å². The van der Waals surface area contributed by atoms with Crippen molar-refractivity contribution in [2.24, 2.45) is 17.5 Å². The number of halogens is 1. The second-order valence-electron chi connectivity index (χ2n) is 9.10. The van der Waals surface area contributed by atoms with Crippen molar-refractivity contribution < 1.29 is 13.7 Å². The fourth-order valence-corrected chi connectivity index (χ4v) is 4.11. The molecule has 0 unspecified atom stereocenters. The molecule has 0 spiro atoms. The molecule has 33 heavy (non-hydrogen) atoms. The van der Waals surface area contributed by atoms with E-state index in [2.05, 4.69) is 20.4 Å². The number of rotatable bonds is 10. The van der Waals surface area contributed by atoms with Crippen LogP contribution in [0.25, 0.3) is 5.70 Å². The van der Waals surface area contributed by atoms with Gasteiger partial charge in [-0.25, -0.2) is 15.2 Å². The molecule has 0 bridgehead atoms. The molecule has 2 aliphatic carbocycles. The maximum absolute atomic E-state index is 15.0. The molecule has 2 heterocycles. The van der Waals surface area contributed by atoms with E-state index in [1.165, 1.54) is 30.3 Å². The highest BCUT2D eigenvalue weighted by atomic mass is 19.1. The number of pyridine rings is 1. The molecule has 2 saturated carbocycles. The normalized spacial score (nSPS) is 17.6. The van der Waals surface area contributed by atoms with Gasteiger partial charge in [0, 0.05) is 19.5 Å². The van der Waals surface area contributed by atoms with Crippen LogP contribution in [0.1, 0.15) is 68.6 Å². The fourth-order valence-electron chi connectivity index (χ4n) is 4.11. The molecule has 5 N–H and O–H groups in total. The maximum atomic E-state index is 15.0. The number of ether oxygens (including phenoxy) is 1. The number of hydrogen-bond acceptors (Lipinski definition) is 9. The Labute approximate surface area is 193 Å². The van der Waals surface area contributed by atoms with Gasteiger partial charge in [-0.15, -0.1) is 0 Å². The Balaban J connectivity index is 1.45. The lowest BCUT2D eigenvalue weighted by Gasteiger charge is -2.24. The minimum Gasteiger partial charge on any atom is -0.488 e. The summed E-state index contributed by atoms with van der Waals surface area (Å²) in [4.78, 5) is 8.76. The zero-order chi connectivity index (χ0) is 23.4. The van der Waals surface area contributed by atoms with Crippen LogP contribution in [0.5, 0.6) is 5.75 Å². The number of anilines is 1. The first kappa shape index (κ1) is 23.3. The molecule has 10 heteroatoms. The molecular formula is C23H34FN7O2. The van der Waals surface area contributed by atoms with Crippen LogP contribution < -0.4 is 21.6 Å². The summed E-state index contributed by atoms with van der Waals surface area (Å²) in [6.45, 7) is 1.97. The second-order valence-corrected chi connectivity index (χ2v) is 9.10. The van der Waals surface area contributed by atoms with E-state index in [1.54, 1.807) is 14.0 Å². The molecule has 2 fully saturated rings. The molecule has 2 aliphatic rings. The molecule has 0 saturated heterocycles. The predicted molar refractivity (Wildman–Crippen MR) is 123 cm³/mol. The molecule has 2 aromatic heterocycles. The van der Waals surface area contributed by atoms with E-state index in [4.69, 9.17) is 20.8 Å². The van der Waals surface area contributed by atoms with Gasteiger partial charge in [0.1, 0.15) is 11.4 Å². The summed E-state index contributed by atoms with van der Waals surface area (Å²) in [5.41, 5.74) is 7.52. The first-order chi connectivity index (χ1) is 15.9. The maximum Gasteiger partial charge on any atom is 0.263 e. The summed E-state index contributed by atoms with van der Waals surface area (Å²) in [6.07, 6.45) is 9.97. The number of hydrogen-bond donors (Lipinski definition) is 3. The Bertz CT molecular complexity index is 981. The Morgan fingerprint density at radius 1 is 1.24 bits per heavy atom. The van der Waals surface area contributed by atoms with Gasteiger partial charge in [0.05, 0.1) is 29.7 Å². The largest absolute Gasteiger partial charge is 0.488 e. The van der Waals surface area contributed by atoms with Crippen molar-refractivity contribution in [1.29, 1.82) is 0 Å². The third-order valence-electron chi connectivity index (χ3n) is 6.30. The molecule has 4 rings (SSSR count). The quantitative estimate of drug-likeness (QED) is 0.361. The molecule has 0 aliphatic heterocycles. The van der Waals surface area contributed by atoms with Gasteiger partial charge in [-0.2, -0.15) is 4.98 Å². The highest BCUT2D eigenvalue weighted by Crippen LogP contribution is 2.33. The van der Waals surface area contributed by atoms with Crippen LogP contribution in [0.4, 0.5) is 10.3 Å². The summed E-state index contributed by atoms with van der Waals surface area (Å²) < 4.78 is 26.3. The second kappa shape index (κ2) is 10.4. The lowest BCUT2D eigenvalue weighted by molar-refractivity contribution is 0.152. The van der Waals surface area contributed by atoms with Crippen LogP contribution in [0, 0.1) is 18.7 Å². The van der Waals surface area contributed by atoms with Gasteiger partial charge in [-0.05, 0) is 50.1 Å². The van der Waals surface area contributed by atoms with Gasteiger partial charge in [0.25, 0.3) is 5.95 Å². The summed E-state index contributed by atoms with van der Waals surface area (Å²) in [5, 5.41) is 8.33. The van der Waals surface area contributed by atoms with Gasteiger partial charge in [0.15, 0.2) is 5.82 Å². The van der Waals surface area contributed by atoms with Crippen molar-refractivity contribution >= 4 is 11.6 Å². The first-order valence-corrected chi connectivity index (χ1v) is 11.8. The van der Waals surface area contributed by atoms with Crippen molar-refractivity contribution in [2.75, 3.05) is 18.9 Å². The Hall–Kier alpha value is -2.88. The predicted octanol–water partition coefficient (Wildman–Crippen LogP) is 3.51. The number of nitrogens with two attached hydrogens (primary N) is 2. The minimum atomic E-state index is -0.551. The molecule has 9 nitrogen and oxygen atoms in total. The van der Waals surface area contributed by atoms with E-state index in [-0.39, 0.29) is 24.0 Å². The van der Waals surface area contributed by atoms with Crippen LogP contribution >= 0.6 is 0 Å². The average molecular weight is 460 g/mol. The van der Waals surface area contributed by atoms with Crippen LogP contribution in [0.15, 0.2) is 16.3 Å². The van der Waals surface area contributed by atoms with E-state index in [1.807, 2.05) is 0 Å². The topological polar surface area (TPSA) is 128 Å². The molecule has 180 valence electrons. The lowest BCUT2D eigenvalue weighted by Crippen LogP contribution is -2.32. The zero-order valence-corrected chi connectivity index (χ0v) is 19.4. The van der Waals surface area contributed by atoms with Crippen molar-refractivity contribution in [3.8, 4) is 5.75 Å². The van der Waals surface area contributed by atoms with Crippen LogP contribution in [-0.2, 0) is 6.42 Å². The fraction of sp³-hybridized carbons (Fsp3) is 0.609. The van der Waals surface area contributed by atoms with Crippen molar-refractivity contribution in [3.05, 3.63) is 34.9 Å². The van der Waals surface area contributed by atoms with Crippen molar-refractivity contribution in [2.45, 2.75) is 70.8 Å². The third-order valence-corrected chi connectivity index (χ3v) is 6.30. The van der Waals surface area contributed by atoms with E-state index in [0.29, 0.717) is 29.0 Å². The van der Waals surface area contributed by atoms with Gasteiger partial charge in [0.2, 0.25) is 5.89 Å². The Kier molecular flexibility index (Phi) is 7.32. The standard InChI is InChI=1S/C23H34FN7O2/c1-14-19(32-16-6-4-3-5-7-16)12-17(24)22(28-14)21(25)18(31(2)26)13-27-23-29-20(33-30-23)11-10-15-8-9-15/h12,15-16H,3-11,13,25-26H2,1-2H3,(H,27,30)/b21-18-. The van der Waals surface area contributed by atoms with Gasteiger partial charge in [-0.1, -0.05) is 19.3 Å². The summed E-state index contributed by atoms with van der Waals surface area (Å²) in [7, 11) is 1.63. The van der Waals surface area contributed by atoms with Crippen molar-refractivity contribution in [1.82, 2.24) is 20.1 Å². The Morgan fingerprint density at radius 2 is 2.00 bits per heavy atom. The van der Waals surface area contributed by atoms with Gasteiger partial charge < -0.3 is 25.3 Å². The van der Waals surface area contributed by atoms with Crippen LogP contribution in [-0.4, -0.2) is 39.8 Å². The van der Waals surface area contributed by atoms with Gasteiger partial charge >= 0.3 is 0 Å².